The van der Waals surface area contributed by atoms with Crippen LogP contribution in [0.4, 0.5) is 11.4 Å². The molecule has 2 fully saturated rings. The van der Waals surface area contributed by atoms with Crippen molar-refractivity contribution < 1.29 is 9.72 Å². The number of amides is 1. The van der Waals surface area contributed by atoms with Crippen LogP contribution < -0.4 is 10.6 Å². The molecule has 0 spiro atoms. The van der Waals surface area contributed by atoms with E-state index < -0.39 is 4.92 Å². The summed E-state index contributed by atoms with van der Waals surface area (Å²) in [5.41, 5.74) is 0.358. The highest BCUT2D eigenvalue weighted by Crippen LogP contribution is 2.32. The van der Waals surface area contributed by atoms with Crippen LogP contribution >= 0.6 is 0 Å². The van der Waals surface area contributed by atoms with Gasteiger partial charge in [-0.15, -0.1) is 0 Å². The van der Waals surface area contributed by atoms with Gasteiger partial charge in [0, 0.05) is 24.2 Å². The molecule has 1 aromatic carbocycles. The van der Waals surface area contributed by atoms with E-state index in [1.807, 2.05) is 0 Å². The molecule has 2 bridgehead atoms. The average molecular weight is 332 g/mol. The van der Waals surface area contributed by atoms with Gasteiger partial charge in [0.1, 0.15) is 5.69 Å². The summed E-state index contributed by atoms with van der Waals surface area (Å²) in [6.45, 7) is 0.0481. The van der Waals surface area contributed by atoms with Crippen LogP contribution in [-0.2, 0) is 4.79 Å². The number of nitro groups is 1. The summed E-state index contributed by atoms with van der Waals surface area (Å²) in [4.78, 5) is 25.2. The van der Waals surface area contributed by atoms with Crippen molar-refractivity contribution in [2.45, 2.75) is 50.2 Å². The lowest BCUT2D eigenvalue weighted by Gasteiger charge is -2.47. The smallest absolute Gasteiger partial charge is 0.292 e. The largest absolute Gasteiger partial charge is 0.371 e. The number of hydrogen-bond donors (Lipinski definition) is 2. The number of fused-ring (bicyclic) bond motifs is 2. The van der Waals surface area contributed by atoms with Gasteiger partial charge in [-0.2, -0.15) is 0 Å². The van der Waals surface area contributed by atoms with Gasteiger partial charge in [-0.1, -0.05) is 18.6 Å². The summed E-state index contributed by atoms with van der Waals surface area (Å²) >= 11 is 0. The summed E-state index contributed by atoms with van der Waals surface area (Å²) in [5.74, 6) is -0.110. The minimum atomic E-state index is -0.446. The van der Waals surface area contributed by atoms with Crippen molar-refractivity contribution in [1.29, 1.82) is 0 Å². The summed E-state index contributed by atoms with van der Waals surface area (Å²) in [5, 5.41) is 17.0. The van der Waals surface area contributed by atoms with Crippen LogP contribution in [0.2, 0.25) is 0 Å². The lowest BCUT2D eigenvalue weighted by molar-refractivity contribution is -0.383. The molecule has 2 aliphatic heterocycles. The lowest BCUT2D eigenvalue weighted by Crippen LogP contribution is -2.55. The Hall–Kier alpha value is -2.15. The molecule has 0 unspecified atom stereocenters. The number of nitro benzene ring substituents is 1. The second-order valence-electron chi connectivity index (χ2n) is 6.77. The van der Waals surface area contributed by atoms with Crippen molar-refractivity contribution >= 4 is 17.3 Å². The first-order valence-corrected chi connectivity index (χ1v) is 8.53. The van der Waals surface area contributed by atoms with E-state index in [1.54, 1.807) is 18.2 Å². The average Bonchev–Trinajstić information content (AvgIpc) is 2.54. The maximum atomic E-state index is 12.2. The highest BCUT2D eigenvalue weighted by molar-refractivity contribution is 5.82. The standard InChI is InChI=1S/C17H24N4O3/c1-20-13-5-4-6-14(20)10-12(9-13)19-17(22)11-18-15-7-2-3-8-16(15)21(23)24/h2-3,7-8,12-14,18H,4-6,9-11H2,1H3,(H,19,22)/t13-,14-/m0/s1. The lowest BCUT2D eigenvalue weighted by atomic mass is 9.82. The predicted molar refractivity (Wildman–Crippen MR) is 91.9 cm³/mol. The second-order valence-corrected chi connectivity index (χ2v) is 6.77. The number of rotatable bonds is 5. The van der Waals surface area contributed by atoms with Gasteiger partial charge in [0.2, 0.25) is 5.91 Å². The summed E-state index contributed by atoms with van der Waals surface area (Å²) in [7, 11) is 2.18. The van der Waals surface area contributed by atoms with Crippen LogP contribution in [0, 0.1) is 10.1 Å². The zero-order valence-electron chi connectivity index (χ0n) is 13.9. The minimum Gasteiger partial charge on any atom is -0.371 e. The van der Waals surface area contributed by atoms with Gasteiger partial charge < -0.3 is 15.5 Å². The molecule has 0 saturated carbocycles. The van der Waals surface area contributed by atoms with Crippen LogP contribution in [0.15, 0.2) is 24.3 Å². The van der Waals surface area contributed by atoms with E-state index in [1.165, 1.54) is 25.3 Å². The number of nitrogens with zero attached hydrogens (tertiary/aromatic N) is 2. The maximum Gasteiger partial charge on any atom is 0.292 e. The number of nitrogens with one attached hydrogen (secondary N) is 2. The molecule has 0 aliphatic carbocycles. The number of anilines is 1. The molecule has 1 aromatic rings. The Kier molecular flexibility index (Phi) is 4.99. The Morgan fingerprint density at radius 3 is 2.62 bits per heavy atom. The van der Waals surface area contributed by atoms with Gasteiger partial charge in [-0.3, -0.25) is 14.9 Å². The molecule has 1 amide bonds. The molecular formula is C17H24N4O3. The molecule has 2 atom stereocenters. The summed E-state index contributed by atoms with van der Waals surface area (Å²) in [6.07, 6.45) is 5.66. The minimum absolute atomic E-state index is 0.0147. The first-order valence-electron chi connectivity index (χ1n) is 8.53. The summed E-state index contributed by atoms with van der Waals surface area (Å²) in [6, 6.07) is 7.70. The summed E-state index contributed by atoms with van der Waals surface area (Å²) < 4.78 is 0. The van der Waals surface area contributed by atoms with E-state index in [4.69, 9.17) is 0 Å². The third-order valence-electron chi connectivity index (χ3n) is 5.25. The predicted octanol–water partition coefficient (Wildman–Crippen LogP) is 2.14. The van der Waals surface area contributed by atoms with E-state index in [2.05, 4.69) is 22.6 Å². The molecule has 0 radical (unpaired) electrons. The van der Waals surface area contributed by atoms with Gasteiger partial charge in [-0.25, -0.2) is 0 Å². The molecule has 24 heavy (non-hydrogen) atoms. The van der Waals surface area contributed by atoms with Gasteiger partial charge >= 0.3 is 0 Å². The van der Waals surface area contributed by atoms with Crippen LogP contribution in [-0.4, -0.2) is 47.4 Å². The number of para-hydroxylation sites is 2. The quantitative estimate of drug-likeness (QED) is 0.637. The Balaban J connectivity index is 1.53. The molecule has 2 heterocycles. The van der Waals surface area contributed by atoms with Crippen molar-refractivity contribution in [3.05, 3.63) is 34.4 Å². The molecule has 130 valence electrons. The van der Waals surface area contributed by atoms with Crippen molar-refractivity contribution in [3.8, 4) is 0 Å². The Labute approximate surface area is 141 Å². The van der Waals surface area contributed by atoms with Crippen molar-refractivity contribution in [3.63, 3.8) is 0 Å². The van der Waals surface area contributed by atoms with Crippen LogP contribution in [0.25, 0.3) is 0 Å². The molecule has 0 aromatic heterocycles. The Bertz CT molecular complexity index is 608. The number of carbonyl (C=O) groups is 1. The highest BCUT2D eigenvalue weighted by atomic mass is 16.6. The molecular weight excluding hydrogens is 308 g/mol. The fourth-order valence-corrected chi connectivity index (χ4v) is 3.97. The second kappa shape index (κ2) is 7.17. The number of carbonyl (C=O) groups excluding carboxylic acids is 1. The van der Waals surface area contributed by atoms with E-state index in [9.17, 15) is 14.9 Å². The SMILES string of the molecule is CN1[C@H]2CCC[C@H]1CC(NC(=O)CNc1ccccc1[N+](=O)[O-])C2. The Morgan fingerprint density at radius 1 is 1.29 bits per heavy atom. The van der Waals surface area contributed by atoms with Crippen molar-refractivity contribution in [1.82, 2.24) is 10.2 Å². The van der Waals surface area contributed by atoms with Crippen LogP contribution in [0.3, 0.4) is 0 Å². The number of hydrogen-bond acceptors (Lipinski definition) is 5. The van der Waals surface area contributed by atoms with Crippen LogP contribution in [0.5, 0.6) is 0 Å². The van der Waals surface area contributed by atoms with Crippen molar-refractivity contribution in [2.75, 3.05) is 18.9 Å². The highest BCUT2D eigenvalue weighted by Gasteiger charge is 2.36. The topological polar surface area (TPSA) is 87.5 Å². The molecule has 2 aliphatic rings. The maximum absolute atomic E-state index is 12.2. The van der Waals surface area contributed by atoms with E-state index in [0.29, 0.717) is 17.8 Å². The third-order valence-corrected chi connectivity index (χ3v) is 5.25. The van der Waals surface area contributed by atoms with Crippen molar-refractivity contribution in [2.24, 2.45) is 0 Å². The fraction of sp³-hybridized carbons (Fsp3) is 0.588. The van der Waals surface area contributed by atoms with Crippen LogP contribution in [0.1, 0.15) is 32.1 Å². The first-order chi connectivity index (χ1) is 11.5. The molecule has 7 nitrogen and oxygen atoms in total. The molecule has 7 heteroatoms. The van der Waals surface area contributed by atoms with Gasteiger partial charge in [0.15, 0.2) is 0 Å². The zero-order valence-corrected chi connectivity index (χ0v) is 13.9. The molecule has 2 saturated heterocycles. The molecule has 3 rings (SSSR count). The fourth-order valence-electron chi connectivity index (χ4n) is 3.97. The van der Waals surface area contributed by atoms with E-state index in [0.717, 1.165) is 12.8 Å². The van der Waals surface area contributed by atoms with Gasteiger partial charge in [-0.05, 0) is 38.8 Å². The number of benzene rings is 1. The van der Waals surface area contributed by atoms with Gasteiger partial charge in [0.05, 0.1) is 11.5 Å². The Morgan fingerprint density at radius 2 is 1.96 bits per heavy atom. The zero-order chi connectivity index (χ0) is 17.1. The van der Waals surface area contributed by atoms with Gasteiger partial charge in [0.25, 0.3) is 5.69 Å². The van der Waals surface area contributed by atoms with E-state index in [-0.39, 0.29) is 24.2 Å². The molecule has 2 N–H and O–H groups in total. The first kappa shape index (κ1) is 16.7. The normalized spacial score (nSPS) is 26.6. The van der Waals surface area contributed by atoms with E-state index >= 15 is 0 Å². The third kappa shape index (κ3) is 3.67. The number of piperidine rings is 2. The monoisotopic (exact) mass is 332 g/mol.